The van der Waals surface area contributed by atoms with E-state index in [4.69, 9.17) is 4.74 Å². The molecule has 24 heavy (non-hydrogen) atoms. The van der Waals surface area contributed by atoms with Crippen LogP contribution < -0.4 is 0 Å². The molecular weight excluding hydrogens is 294 g/mol. The van der Waals surface area contributed by atoms with E-state index in [1.54, 1.807) is 0 Å². The van der Waals surface area contributed by atoms with Crippen LogP contribution in [0.4, 0.5) is 0 Å². The molecular formula is C22H31NO. The van der Waals surface area contributed by atoms with Crippen molar-refractivity contribution in [1.82, 2.24) is 4.90 Å². The fourth-order valence-electron chi connectivity index (χ4n) is 3.02. The standard InChI is InChI=1S/C22H31NO/c1-4-15-23(16-5-2)17-18-24-22(20-9-7-6-8-10-20)21-13-11-19(3)12-14-21/h6-14,22H,4-5,15-18H2,1-3H3. The number of aryl methyl sites for hydroxylation is 1. The molecule has 0 fully saturated rings. The van der Waals surface area contributed by atoms with Gasteiger partial charge in [0.15, 0.2) is 0 Å². The fourth-order valence-corrected chi connectivity index (χ4v) is 3.02. The van der Waals surface area contributed by atoms with E-state index in [1.807, 2.05) is 0 Å². The minimum absolute atomic E-state index is 0.0110. The molecule has 0 aliphatic heterocycles. The van der Waals surface area contributed by atoms with Gasteiger partial charge in [0.1, 0.15) is 6.10 Å². The van der Waals surface area contributed by atoms with E-state index in [1.165, 1.54) is 29.5 Å². The summed E-state index contributed by atoms with van der Waals surface area (Å²) in [6.07, 6.45) is 2.40. The predicted molar refractivity (Wildman–Crippen MR) is 102 cm³/mol. The monoisotopic (exact) mass is 325 g/mol. The van der Waals surface area contributed by atoms with Crippen LogP contribution in [0.5, 0.6) is 0 Å². The number of hydrogen-bond acceptors (Lipinski definition) is 2. The maximum atomic E-state index is 6.34. The van der Waals surface area contributed by atoms with E-state index in [0.29, 0.717) is 0 Å². The van der Waals surface area contributed by atoms with Crippen LogP contribution in [0.2, 0.25) is 0 Å². The SMILES string of the molecule is CCCN(CCC)CCOC(c1ccccc1)c1ccc(C)cc1. The van der Waals surface area contributed by atoms with Gasteiger partial charge in [-0.3, -0.25) is 0 Å². The third-order valence-electron chi connectivity index (χ3n) is 4.25. The predicted octanol–water partition coefficient (Wildman–Crippen LogP) is 5.22. The van der Waals surface area contributed by atoms with Crippen LogP contribution in [0.3, 0.4) is 0 Å². The zero-order chi connectivity index (χ0) is 17.2. The van der Waals surface area contributed by atoms with Crippen LogP contribution in [0, 0.1) is 6.92 Å². The van der Waals surface area contributed by atoms with Crippen molar-refractivity contribution in [2.75, 3.05) is 26.2 Å². The molecule has 2 rings (SSSR count). The second-order valence-corrected chi connectivity index (χ2v) is 6.41. The molecule has 1 atom stereocenters. The van der Waals surface area contributed by atoms with Gasteiger partial charge in [0.25, 0.3) is 0 Å². The van der Waals surface area contributed by atoms with Gasteiger partial charge in [-0.1, -0.05) is 74.0 Å². The van der Waals surface area contributed by atoms with Gasteiger partial charge in [-0.05, 0) is 44.0 Å². The molecule has 0 spiro atoms. The molecule has 0 aliphatic carbocycles. The average molecular weight is 325 g/mol. The minimum atomic E-state index is 0.0110. The van der Waals surface area contributed by atoms with Crippen molar-refractivity contribution in [3.05, 3.63) is 71.3 Å². The van der Waals surface area contributed by atoms with Crippen LogP contribution in [0.15, 0.2) is 54.6 Å². The number of benzene rings is 2. The molecule has 2 aromatic carbocycles. The Morgan fingerprint density at radius 3 is 1.96 bits per heavy atom. The van der Waals surface area contributed by atoms with Crippen molar-refractivity contribution in [3.63, 3.8) is 0 Å². The van der Waals surface area contributed by atoms with Crippen molar-refractivity contribution in [3.8, 4) is 0 Å². The van der Waals surface area contributed by atoms with Gasteiger partial charge in [0.05, 0.1) is 6.61 Å². The van der Waals surface area contributed by atoms with Gasteiger partial charge in [-0.2, -0.15) is 0 Å². The topological polar surface area (TPSA) is 12.5 Å². The number of nitrogens with zero attached hydrogens (tertiary/aromatic N) is 1. The van der Waals surface area contributed by atoms with Crippen LogP contribution in [-0.4, -0.2) is 31.1 Å². The molecule has 0 saturated carbocycles. The lowest BCUT2D eigenvalue weighted by atomic mass is 10.0. The number of ether oxygens (including phenoxy) is 1. The maximum Gasteiger partial charge on any atom is 0.108 e. The fraction of sp³-hybridized carbons (Fsp3) is 0.455. The highest BCUT2D eigenvalue weighted by Crippen LogP contribution is 2.26. The molecule has 0 amide bonds. The highest BCUT2D eigenvalue weighted by Gasteiger charge is 2.15. The lowest BCUT2D eigenvalue weighted by Gasteiger charge is -2.24. The third kappa shape index (κ3) is 5.77. The molecule has 0 saturated heterocycles. The normalized spacial score (nSPS) is 12.5. The average Bonchev–Trinajstić information content (AvgIpc) is 2.61. The summed E-state index contributed by atoms with van der Waals surface area (Å²) in [5.41, 5.74) is 3.73. The van der Waals surface area contributed by atoms with Gasteiger partial charge in [0.2, 0.25) is 0 Å². The second-order valence-electron chi connectivity index (χ2n) is 6.41. The van der Waals surface area contributed by atoms with Crippen molar-refractivity contribution < 1.29 is 4.74 Å². The van der Waals surface area contributed by atoms with E-state index in [2.05, 4.69) is 80.3 Å². The Balaban J connectivity index is 2.05. The molecule has 0 aliphatic rings. The molecule has 130 valence electrons. The summed E-state index contributed by atoms with van der Waals surface area (Å²) in [6.45, 7) is 10.7. The van der Waals surface area contributed by atoms with E-state index < -0.39 is 0 Å². The van der Waals surface area contributed by atoms with Crippen molar-refractivity contribution >= 4 is 0 Å². The molecule has 0 radical (unpaired) electrons. The summed E-state index contributed by atoms with van der Waals surface area (Å²) < 4.78 is 6.34. The van der Waals surface area contributed by atoms with Crippen LogP contribution in [0.25, 0.3) is 0 Å². The maximum absolute atomic E-state index is 6.34. The molecule has 1 unspecified atom stereocenters. The summed E-state index contributed by atoms with van der Waals surface area (Å²) in [5, 5.41) is 0. The Hall–Kier alpha value is -1.64. The number of rotatable bonds is 10. The Labute approximate surface area is 147 Å². The third-order valence-corrected chi connectivity index (χ3v) is 4.25. The Kier molecular flexibility index (Phi) is 8.00. The van der Waals surface area contributed by atoms with Crippen LogP contribution in [-0.2, 0) is 4.74 Å². The summed E-state index contributed by atoms with van der Waals surface area (Å²) in [4.78, 5) is 2.50. The zero-order valence-electron chi connectivity index (χ0n) is 15.4. The minimum Gasteiger partial charge on any atom is -0.367 e. The molecule has 0 heterocycles. The summed E-state index contributed by atoms with van der Waals surface area (Å²) in [6, 6.07) is 19.2. The van der Waals surface area contributed by atoms with E-state index in [0.717, 1.165) is 26.2 Å². The lowest BCUT2D eigenvalue weighted by Crippen LogP contribution is -2.29. The second kappa shape index (κ2) is 10.3. The molecule has 0 aromatic heterocycles. The quantitative estimate of drug-likeness (QED) is 0.593. The molecule has 2 heteroatoms. The van der Waals surface area contributed by atoms with Crippen molar-refractivity contribution in [1.29, 1.82) is 0 Å². The van der Waals surface area contributed by atoms with Crippen molar-refractivity contribution in [2.24, 2.45) is 0 Å². The van der Waals surface area contributed by atoms with Crippen LogP contribution >= 0.6 is 0 Å². The summed E-state index contributed by atoms with van der Waals surface area (Å²) >= 11 is 0. The first-order valence-corrected chi connectivity index (χ1v) is 9.20. The zero-order valence-corrected chi connectivity index (χ0v) is 15.4. The first kappa shape index (κ1) is 18.7. The summed E-state index contributed by atoms with van der Waals surface area (Å²) in [5.74, 6) is 0. The Bertz CT molecular complexity index is 558. The highest BCUT2D eigenvalue weighted by molar-refractivity contribution is 5.31. The molecule has 0 bridgehead atoms. The first-order valence-electron chi connectivity index (χ1n) is 9.20. The molecule has 2 aromatic rings. The van der Waals surface area contributed by atoms with Gasteiger partial charge < -0.3 is 9.64 Å². The lowest BCUT2D eigenvalue weighted by molar-refractivity contribution is 0.0597. The smallest absolute Gasteiger partial charge is 0.108 e. The Morgan fingerprint density at radius 2 is 1.38 bits per heavy atom. The van der Waals surface area contributed by atoms with Gasteiger partial charge >= 0.3 is 0 Å². The highest BCUT2D eigenvalue weighted by atomic mass is 16.5. The molecule has 0 N–H and O–H groups in total. The van der Waals surface area contributed by atoms with Crippen molar-refractivity contribution in [2.45, 2.75) is 39.7 Å². The van der Waals surface area contributed by atoms with Crippen LogP contribution in [0.1, 0.15) is 49.5 Å². The van der Waals surface area contributed by atoms with Gasteiger partial charge in [-0.15, -0.1) is 0 Å². The Morgan fingerprint density at radius 1 is 0.792 bits per heavy atom. The van der Waals surface area contributed by atoms with E-state index in [9.17, 15) is 0 Å². The first-order chi connectivity index (χ1) is 11.7. The van der Waals surface area contributed by atoms with E-state index in [-0.39, 0.29) is 6.10 Å². The number of hydrogen-bond donors (Lipinski definition) is 0. The van der Waals surface area contributed by atoms with Gasteiger partial charge in [-0.25, -0.2) is 0 Å². The summed E-state index contributed by atoms with van der Waals surface area (Å²) in [7, 11) is 0. The molecule has 2 nitrogen and oxygen atoms in total. The van der Waals surface area contributed by atoms with E-state index >= 15 is 0 Å². The largest absolute Gasteiger partial charge is 0.367 e. The van der Waals surface area contributed by atoms with Gasteiger partial charge in [0, 0.05) is 6.54 Å².